The van der Waals surface area contributed by atoms with E-state index in [1.807, 2.05) is 30.3 Å². The van der Waals surface area contributed by atoms with Crippen molar-refractivity contribution in [3.63, 3.8) is 0 Å². The second kappa shape index (κ2) is 5.23. The molecule has 0 bridgehead atoms. The molecule has 0 aliphatic rings. The van der Waals surface area contributed by atoms with E-state index in [4.69, 9.17) is 16.0 Å². The maximum atomic E-state index is 10.4. The number of rotatable bonds is 4. The number of carbonyl (C=O) groups excluding carboxylic acids is 1. The number of furan rings is 1. The van der Waals surface area contributed by atoms with Gasteiger partial charge in [-0.15, -0.1) is 11.8 Å². The third kappa shape index (κ3) is 2.90. The topological polar surface area (TPSA) is 30.2 Å². The summed E-state index contributed by atoms with van der Waals surface area (Å²) in [5.41, 5.74) is 0. The van der Waals surface area contributed by atoms with Crippen molar-refractivity contribution in [1.29, 1.82) is 0 Å². The zero-order valence-corrected chi connectivity index (χ0v) is 9.92. The van der Waals surface area contributed by atoms with E-state index in [2.05, 4.69) is 0 Å². The van der Waals surface area contributed by atoms with Crippen molar-refractivity contribution in [3.05, 3.63) is 52.9 Å². The molecule has 1 heterocycles. The van der Waals surface area contributed by atoms with Gasteiger partial charge in [0.25, 0.3) is 0 Å². The van der Waals surface area contributed by atoms with Crippen molar-refractivity contribution in [1.82, 2.24) is 0 Å². The number of benzene rings is 1. The molecule has 0 fully saturated rings. The number of thioether (sulfide) groups is 1. The smallest absolute Gasteiger partial charge is 0.185 e. The Morgan fingerprint density at radius 3 is 2.56 bits per heavy atom. The lowest BCUT2D eigenvalue weighted by atomic mass is 10.4. The normalized spacial score (nSPS) is 10.3. The summed E-state index contributed by atoms with van der Waals surface area (Å²) in [5, 5.41) is 0.727. The molecule has 0 spiro atoms. The molecule has 2 aromatic rings. The summed E-state index contributed by atoms with van der Waals surface area (Å²) in [6.07, 6.45) is 0.705. The minimum atomic E-state index is 0.367. The fraction of sp³-hybridized carbons (Fsp3) is 0.0833. The van der Waals surface area contributed by atoms with Gasteiger partial charge in [0.2, 0.25) is 0 Å². The van der Waals surface area contributed by atoms with Gasteiger partial charge in [0.1, 0.15) is 5.76 Å². The predicted octanol–water partition coefficient (Wildman–Crippen LogP) is 4.04. The van der Waals surface area contributed by atoms with Crippen LogP contribution in [0.2, 0.25) is 5.02 Å². The molecular weight excluding hydrogens is 244 g/mol. The Morgan fingerprint density at radius 2 is 1.94 bits per heavy atom. The summed E-state index contributed by atoms with van der Waals surface area (Å²) < 4.78 is 5.26. The van der Waals surface area contributed by atoms with Crippen molar-refractivity contribution < 1.29 is 9.21 Å². The van der Waals surface area contributed by atoms with Crippen LogP contribution in [0.3, 0.4) is 0 Å². The summed E-state index contributed by atoms with van der Waals surface area (Å²) in [5.74, 6) is 1.86. The summed E-state index contributed by atoms with van der Waals surface area (Å²) in [7, 11) is 0. The fourth-order valence-corrected chi connectivity index (χ4v) is 2.14. The van der Waals surface area contributed by atoms with E-state index in [9.17, 15) is 4.79 Å². The van der Waals surface area contributed by atoms with Gasteiger partial charge >= 0.3 is 0 Å². The third-order valence-electron chi connectivity index (χ3n) is 1.99. The maximum absolute atomic E-state index is 10.4. The van der Waals surface area contributed by atoms with Gasteiger partial charge in [-0.2, -0.15) is 0 Å². The van der Waals surface area contributed by atoms with E-state index in [0.717, 1.165) is 15.7 Å². The molecule has 0 amide bonds. The quantitative estimate of drug-likeness (QED) is 0.608. The Balaban J connectivity index is 1.96. The van der Waals surface area contributed by atoms with Gasteiger partial charge in [0, 0.05) is 9.92 Å². The molecule has 1 aromatic carbocycles. The second-order valence-electron chi connectivity index (χ2n) is 3.16. The highest BCUT2D eigenvalue weighted by Gasteiger charge is 2.02. The van der Waals surface area contributed by atoms with Crippen LogP contribution in [0.4, 0.5) is 0 Å². The highest BCUT2D eigenvalue weighted by molar-refractivity contribution is 7.98. The molecule has 0 aliphatic carbocycles. The number of aldehydes is 1. The van der Waals surface area contributed by atoms with E-state index >= 15 is 0 Å². The third-order valence-corrected chi connectivity index (χ3v) is 3.28. The van der Waals surface area contributed by atoms with Crippen LogP contribution in [0.5, 0.6) is 0 Å². The number of hydrogen-bond acceptors (Lipinski definition) is 3. The maximum Gasteiger partial charge on any atom is 0.185 e. The van der Waals surface area contributed by atoms with Crippen LogP contribution in [-0.2, 0) is 5.75 Å². The first-order valence-corrected chi connectivity index (χ1v) is 6.06. The number of carbonyl (C=O) groups is 1. The molecule has 0 atom stereocenters. The molecule has 0 radical (unpaired) electrons. The van der Waals surface area contributed by atoms with E-state index < -0.39 is 0 Å². The van der Waals surface area contributed by atoms with Crippen molar-refractivity contribution in [3.8, 4) is 0 Å². The van der Waals surface area contributed by atoms with Gasteiger partial charge in [-0.1, -0.05) is 11.6 Å². The van der Waals surface area contributed by atoms with Crippen molar-refractivity contribution in [2.45, 2.75) is 10.6 Å². The fourth-order valence-electron chi connectivity index (χ4n) is 1.22. The lowest BCUT2D eigenvalue weighted by molar-refractivity contribution is 0.109. The Bertz CT molecular complexity index is 476. The van der Waals surface area contributed by atoms with E-state index in [0.29, 0.717) is 17.8 Å². The van der Waals surface area contributed by atoms with Gasteiger partial charge in [0.05, 0.1) is 5.75 Å². The molecule has 2 rings (SSSR count). The molecular formula is C12H9ClO2S. The molecule has 82 valence electrons. The van der Waals surface area contributed by atoms with Gasteiger partial charge in [-0.05, 0) is 36.4 Å². The molecule has 2 nitrogen and oxygen atoms in total. The van der Waals surface area contributed by atoms with Crippen LogP contribution in [-0.4, -0.2) is 6.29 Å². The minimum Gasteiger partial charge on any atom is -0.457 e. The van der Waals surface area contributed by atoms with Crippen molar-refractivity contribution in [2.24, 2.45) is 0 Å². The van der Waals surface area contributed by atoms with Gasteiger partial charge in [-0.3, -0.25) is 4.79 Å². The van der Waals surface area contributed by atoms with E-state index in [1.54, 1.807) is 17.8 Å². The summed E-state index contributed by atoms with van der Waals surface area (Å²) in [6.45, 7) is 0. The minimum absolute atomic E-state index is 0.367. The first-order chi connectivity index (χ1) is 7.78. The second-order valence-corrected chi connectivity index (χ2v) is 4.65. The summed E-state index contributed by atoms with van der Waals surface area (Å²) in [4.78, 5) is 11.5. The summed E-state index contributed by atoms with van der Waals surface area (Å²) >= 11 is 7.42. The zero-order valence-electron chi connectivity index (χ0n) is 8.35. The van der Waals surface area contributed by atoms with Gasteiger partial charge in [-0.25, -0.2) is 0 Å². The molecule has 16 heavy (non-hydrogen) atoms. The largest absolute Gasteiger partial charge is 0.457 e. The molecule has 1 aromatic heterocycles. The molecule has 0 saturated carbocycles. The van der Waals surface area contributed by atoms with Crippen LogP contribution < -0.4 is 0 Å². The Labute approximate surface area is 103 Å². The first-order valence-electron chi connectivity index (χ1n) is 4.70. The lowest BCUT2D eigenvalue weighted by Crippen LogP contribution is -1.76. The predicted molar refractivity (Wildman–Crippen MR) is 65.1 cm³/mol. The molecule has 0 N–H and O–H groups in total. The lowest BCUT2D eigenvalue weighted by Gasteiger charge is -1.99. The monoisotopic (exact) mass is 252 g/mol. The van der Waals surface area contributed by atoms with Gasteiger partial charge in [0.15, 0.2) is 12.0 Å². The highest BCUT2D eigenvalue weighted by atomic mass is 35.5. The molecule has 0 aliphatic heterocycles. The van der Waals surface area contributed by atoms with E-state index in [-0.39, 0.29) is 0 Å². The Kier molecular flexibility index (Phi) is 3.70. The van der Waals surface area contributed by atoms with Gasteiger partial charge < -0.3 is 4.42 Å². The number of hydrogen-bond donors (Lipinski definition) is 0. The van der Waals surface area contributed by atoms with Crippen LogP contribution in [0, 0.1) is 0 Å². The highest BCUT2D eigenvalue weighted by Crippen LogP contribution is 2.24. The van der Waals surface area contributed by atoms with Crippen molar-refractivity contribution in [2.75, 3.05) is 0 Å². The standard InChI is InChI=1S/C12H9ClO2S/c13-9-1-5-12(6-2-9)16-8-11-4-3-10(7-14)15-11/h1-7H,8H2. The molecule has 0 unspecified atom stereocenters. The zero-order chi connectivity index (χ0) is 11.4. The van der Waals surface area contributed by atoms with Crippen molar-refractivity contribution >= 4 is 29.6 Å². The first kappa shape index (κ1) is 11.3. The SMILES string of the molecule is O=Cc1ccc(CSc2ccc(Cl)cc2)o1. The van der Waals surface area contributed by atoms with E-state index in [1.165, 1.54) is 0 Å². The Morgan fingerprint density at radius 1 is 1.19 bits per heavy atom. The van der Waals surface area contributed by atoms with Crippen LogP contribution >= 0.6 is 23.4 Å². The average molecular weight is 253 g/mol. The van der Waals surface area contributed by atoms with Crippen LogP contribution in [0.25, 0.3) is 0 Å². The summed E-state index contributed by atoms with van der Waals surface area (Å²) in [6, 6.07) is 11.1. The number of halogens is 1. The van der Waals surface area contributed by atoms with Crippen LogP contribution in [0.1, 0.15) is 16.3 Å². The Hall–Kier alpha value is -1.19. The van der Waals surface area contributed by atoms with Crippen LogP contribution in [0.15, 0.2) is 45.7 Å². The molecule has 4 heteroatoms. The average Bonchev–Trinajstić information content (AvgIpc) is 2.76. The molecule has 0 saturated heterocycles.